The van der Waals surface area contributed by atoms with E-state index in [1.807, 2.05) is 72.8 Å². The molecule has 3 aromatic carbocycles. The molecular weight excluding hydrogens is 286 g/mol. The minimum absolute atomic E-state index is 0.319. The van der Waals surface area contributed by atoms with Gasteiger partial charge in [0.2, 0.25) is 5.90 Å². The standard InChI is InChI=1S/C20H13NO2/c22-20-18(12-14-6-2-1-3-7-14)21-19(23-20)17-11-10-15-8-4-5-9-16(15)13-17/h1-13H. The normalized spacial score (nSPS) is 15.7. The molecule has 0 bridgehead atoms. The highest BCUT2D eigenvalue weighted by atomic mass is 16.6. The summed E-state index contributed by atoms with van der Waals surface area (Å²) in [5, 5.41) is 2.23. The monoisotopic (exact) mass is 299 g/mol. The van der Waals surface area contributed by atoms with Crippen LogP contribution in [0.4, 0.5) is 0 Å². The maximum Gasteiger partial charge on any atom is 0.363 e. The van der Waals surface area contributed by atoms with Crippen LogP contribution in [0.2, 0.25) is 0 Å². The van der Waals surface area contributed by atoms with Gasteiger partial charge in [0, 0.05) is 5.56 Å². The van der Waals surface area contributed by atoms with Gasteiger partial charge in [-0.15, -0.1) is 0 Å². The zero-order valence-electron chi connectivity index (χ0n) is 12.3. The van der Waals surface area contributed by atoms with E-state index in [9.17, 15) is 4.79 Å². The lowest BCUT2D eigenvalue weighted by Gasteiger charge is -2.02. The van der Waals surface area contributed by atoms with Crippen LogP contribution in [0.15, 0.2) is 83.5 Å². The van der Waals surface area contributed by atoms with Crippen molar-refractivity contribution in [3.05, 3.63) is 89.6 Å². The highest BCUT2D eigenvalue weighted by molar-refractivity contribution is 6.13. The van der Waals surface area contributed by atoms with Crippen molar-refractivity contribution in [1.29, 1.82) is 0 Å². The third-order valence-corrected chi connectivity index (χ3v) is 3.72. The fourth-order valence-electron chi connectivity index (χ4n) is 2.56. The quantitative estimate of drug-likeness (QED) is 0.526. The molecule has 1 heterocycles. The fourth-order valence-corrected chi connectivity index (χ4v) is 2.56. The number of aliphatic imine (C=N–C) groups is 1. The lowest BCUT2D eigenvalue weighted by molar-refractivity contribution is -0.129. The van der Waals surface area contributed by atoms with Crippen LogP contribution in [0.25, 0.3) is 16.8 Å². The molecular formula is C20H13NO2. The molecule has 3 heteroatoms. The Morgan fingerprint density at radius 1 is 0.826 bits per heavy atom. The number of ether oxygens (including phenoxy) is 1. The lowest BCUT2D eigenvalue weighted by atomic mass is 10.1. The molecule has 23 heavy (non-hydrogen) atoms. The maximum atomic E-state index is 12.0. The van der Waals surface area contributed by atoms with Crippen molar-refractivity contribution in [3.8, 4) is 0 Å². The zero-order valence-corrected chi connectivity index (χ0v) is 12.3. The van der Waals surface area contributed by atoms with Crippen molar-refractivity contribution in [1.82, 2.24) is 0 Å². The first-order chi connectivity index (χ1) is 11.3. The average molecular weight is 299 g/mol. The summed E-state index contributed by atoms with van der Waals surface area (Å²) in [6.45, 7) is 0. The van der Waals surface area contributed by atoms with Crippen LogP contribution in [-0.2, 0) is 9.53 Å². The van der Waals surface area contributed by atoms with Crippen LogP contribution in [0.1, 0.15) is 11.1 Å². The van der Waals surface area contributed by atoms with Gasteiger partial charge in [-0.2, -0.15) is 0 Å². The number of esters is 1. The van der Waals surface area contributed by atoms with Crippen LogP contribution in [-0.4, -0.2) is 11.9 Å². The predicted octanol–water partition coefficient (Wildman–Crippen LogP) is 4.18. The van der Waals surface area contributed by atoms with Crippen molar-refractivity contribution in [3.63, 3.8) is 0 Å². The minimum atomic E-state index is -0.419. The van der Waals surface area contributed by atoms with Gasteiger partial charge in [0.05, 0.1) is 0 Å². The molecule has 0 N–H and O–H groups in total. The smallest absolute Gasteiger partial charge is 0.363 e. The van der Waals surface area contributed by atoms with Gasteiger partial charge in [0.15, 0.2) is 5.70 Å². The van der Waals surface area contributed by atoms with Crippen LogP contribution in [0, 0.1) is 0 Å². The van der Waals surface area contributed by atoms with E-state index in [2.05, 4.69) is 4.99 Å². The second kappa shape index (κ2) is 5.54. The minimum Gasteiger partial charge on any atom is -0.402 e. The molecule has 110 valence electrons. The highest BCUT2D eigenvalue weighted by Gasteiger charge is 2.24. The summed E-state index contributed by atoms with van der Waals surface area (Å²) in [5.74, 6) is -0.0695. The molecule has 0 radical (unpaired) electrons. The summed E-state index contributed by atoms with van der Waals surface area (Å²) < 4.78 is 5.32. The van der Waals surface area contributed by atoms with E-state index in [1.54, 1.807) is 6.08 Å². The van der Waals surface area contributed by atoms with E-state index in [1.165, 1.54) is 0 Å². The Morgan fingerprint density at radius 3 is 2.39 bits per heavy atom. The lowest BCUT2D eigenvalue weighted by Crippen LogP contribution is -2.05. The Hall–Kier alpha value is -3.20. The van der Waals surface area contributed by atoms with Crippen LogP contribution in [0.5, 0.6) is 0 Å². The predicted molar refractivity (Wildman–Crippen MR) is 91.0 cm³/mol. The van der Waals surface area contributed by atoms with Crippen molar-refractivity contribution in [2.45, 2.75) is 0 Å². The van der Waals surface area contributed by atoms with Crippen molar-refractivity contribution in [2.24, 2.45) is 4.99 Å². The molecule has 4 rings (SSSR count). The molecule has 1 aliphatic heterocycles. The highest BCUT2D eigenvalue weighted by Crippen LogP contribution is 2.22. The summed E-state index contributed by atoms with van der Waals surface area (Å²) >= 11 is 0. The molecule has 0 unspecified atom stereocenters. The fraction of sp³-hybridized carbons (Fsp3) is 0. The topological polar surface area (TPSA) is 38.7 Å². The van der Waals surface area contributed by atoms with Gasteiger partial charge in [-0.1, -0.05) is 60.7 Å². The second-order valence-electron chi connectivity index (χ2n) is 5.31. The largest absolute Gasteiger partial charge is 0.402 e. The summed E-state index contributed by atoms with van der Waals surface area (Å²) in [6.07, 6.45) is 1.73. The first-order valence-corrected chi connectivity index (χ1v) is 7.36. The van der Waals surface area contributed by atoms with Gasteiger partial charge >= 0.3 is 5.97 Å². The third-order valence-electron chi connectivity index (χ3n) is 3.72. The van der Waals surface area contributed by atoms with Gasteiger partial charge in [-0.25, -0.2) is 9.79 Å². The summed E-state index contributed by atoms with van der Waals surface area (Å²) in [6, 6.07) is 23.5. The second-order valence-corrected chi connectivity index (χ2v) is 5.31. The van der Waals surface area contributed by atoms with Gasteiger partial charge in [-0.05, 0) is 34.5 Å². The number of nitrogens with zero attached hydrogens (tertiary/aromatic N) is 1. The Bertz CT molecular complexity index is 956. The Labute approximate surface area is 133 Å². The number of carbonyl (C=O) groups is 1. The Kier molecular flexibility index (Phi) is 3.24. The van der Waals surface area contributed by atoms with Crippen LogP contribution < -0.4 is 0 Å². The first-order valence-electron chi connectivity index (χ1n) is 7.36. The van der Waals surface area contributed by atoms with Crippen molar-refractivity contribution >= 4 is 28.7 Å². The molecule has 3 aromatic rings. The molecule has 0 spiro atoms. The first kappa shape index (κ1) is 13.5. The van der Waals surface area contributed by atoms with Gasteiger partial charge in [0.25, 0.3) is 0 Å². The zero-order chi connectivity index (χ0) is 15.6. The van der Waals surface area contributed by atoms with E-state index < -0.39 is 5.97 Å². The van der Waals surface area contributed by atoms with E-state index in [0.717, 1.165) is 21.9 Å². The third kappa shape index (κ3) is 2.64. The molecule has 0 aromatic heterocycles. The summed E-state index contributed by atoms with van der Waals surface area (Å²) in [4.78, 5) is 16.4. The SMILES string of the molecule is O=C1OC(c2ccc3ccccc3c2)=NC1=Cc1ccccc1. The number of carbonyl (C=O) groups excluding carboxylic acids is 1. The van der Waals surface area contributed by atoms with Crippen molar-refractivity contribution in [2.75, 3.05) is 0 Å². The summed E-state index contributed by atoms with van der Waals surface area (Å²) in [7, 11) is 0. The number of hydrogen-bond donors (Lipinski definition) is 0. The molecule has 0 amide bonds. The van der Waals surface area contributed by atoms with E-state index >= 15 is 0 Å². The maximum absolute atomic E-state index is 12.0. The number of cyclic esters (lactones) is 1. The molecule has 0 saturated carbocycles. The van der Waals surface area contributed by atoms with Crippen molar-refractivity contribution < 1.29 is 9.53 Å². The van der Waals surface area contributed by atoms with E-state index in [0.29, 0.717) is 11.6 Å². The number of fused-ring (bicyclic) bond motifs is 1. The molecule has 0 aliphatic carbocycles. The van der Waals surface area contributed by atoms with Crippen LogP contribution in [0.3, 0.4) is 0 Å². The Balaban J connectivity index is 1.72. The van der Waals surface area contributed by atoms with Gasteiger partial charge < -0.3 is 4.74 Å². The average Bonchev–Trinajstić information content (AvgIpc) is 2.96. The van der Waals surface area contributed by atoms with E-state index in [-0.39, 0.29) is 0 Å². The summed E-state index contributed by atoms with van der Waals surface area (Å²) in [5.41, 5.74) is 2.04. The van der Waals surface area contributed by atoms with Crippen LogP contribution >= 0.6 is 0 Å². The molecule has 3 nitrogen and oxygen atoms in total. The van der Waals surface area contributed by atoms with Gasteiger partial charge in [-0.3, -0.25) is 0 Å². The molecule has 0 fully saturated rings. The van der Waals surface area contributed by atoms with E-state index in [4.69, 9.17) is 4.74 Å². The number of rotatable bonds is 2. The molecule has 1 aliphatic rings. The van der Waals surface area contributed by atoms with Gasteiger partial charge in [0.1, 0.15) is 0 Å². The Morgan fingerprint density at radius 2 is 1.57 bits per heavy atom. The number of benzene rings is 3. The number of hydrogen-bond acceptors (Lipinski definition) is 3. The molecule has 0 atom stereocenters. The molecule has 0 saturated heterocycles.